The summed E-state index contributed by atoms with van der Waals surface area (Å²) in [6, 6.07) is 18.2. The van der Waals surface area contributed by atoms with Crippen LogP contribution >= 0.6 is 0 Å². The van der Waals surface area contributed by atoms with Crippen molar-refractivity contribution in [1.29, 1.82) is 0 Å². The van der Waals surface area contributed by atoms with Gasteiger partial charge in [-0.1, -0.05) is 87.8 Å². The van der Waals surface area contributed by atoms with E-state index in [9.17, 15) is 14.4 Å². The van der Waals surface area contributed by atoms with E-state index < -0.39 is 0 Å². The van der Waals surface area contributed by atoms with Gasteiger partial charge in [-0.25, -0.2) is 0 Å². The highest BCUT2D eigenvalue weighted by Crippen LogP contribution is 2.36. The quantitative estimate of drug-likeness (QED) is 0.152. The van der Waals surface area contributed by atoms with E-state index in [1.165, 1.54) is 56.1 Å². The van der Waals surface area contributed by atoms with Crippen LogP contribution in [0.25, 0.3) is 0 Å². The summed E-state index contributed by atoms with van der Waals surface area (Å²) in [6.45, 7) is 4.06. The number of carbonyl (C=O) groups excluding carboxylic acids is 3. The number of unbranched alkanes of at least 4 members (excludes halogenated alkanes) is 3. The number of hydrogen-bond acceptors (Lipinski definition) is 4. The number of furan rings is 1. The summed E-state index contributed by atoms with van der Waals surface area (Å²) in [5.74, 6) is 2.72. The van der Waals surface area contributed by atoms with Crippen molar-refractivity contribution in [3.8, 4) is 0 Å². The molecule has 2 saturated carbocycles. The first kappa shape index (κ1) is 33.9. The van der Waals surface area contributed by atoms with Gasteiger partial charge in [0.25, 0.3) is 5.91 Å². The smallest absolute Gasteiger partial charge is 0.291 e. The van der Waals surface area contributed by atoms with Crippen LogP contribution in [0.2, 0.25) is 0 Å². The predicted octanol–water partition coefficient (Wildman–Crippen LogP) is 10.7. The maximum atomic E-state index is 13.3. The average Bonchev–Trinajstić information content (AvgIpc) is 3.48. The van der Waals surface area contributed by atoms with Crippen LogP contribution < -0.4 is 5.32 Å². The molecule has 46 heavy (non-hydrogen) atoms. The van der Waals surface area contributed by atoms with Gasteiger partial charge in [-0.2, -0.15) is 0 Å². The molecule has 246 valence electrons. The molecule has 1 heterocycles. The van der Waals surface area contributed by atoms with Gasteiger partial charge in [-0.05, 0) is 106 Å². The average molecular weight is 624 g/mol. The number of hydrogen-bond donors (Lipinski definition) is 1. The fraction of sp³-hybridized carbons (Fsp3) is 0.537. The highest BCUT2D eigenvalue weighted by molar-refractivity contribution is 6.04. The maximum Gasteiger partial charge on any atom is 0.291 e. The van der Waals surface area contributed by atoms with Crippen molar-refractivity contribution in [3.63, 3.8) is 0 Å². The van der Waals surface area contributed by atoms with E-state index >= 15 is 0 Å². The fourth-order valence-corrected chi connectivity index (χ4v) is 7.78. The molecule has 3 aromatic rings. The van der Waals surface area contributed by atoms with E-state index in [0.717, 1.165) is 69.0 Å². The number of benzene rings is 2. The molecule has 2 aliphatic carbocycles. The lowest BCUT2D eigenvalue weighted by Gasteiger charge is -2.26. The van der Waals surface area contributed by atoms with E-state index in [2.05, 4.69) is 42.6 Å². The van der Waals surface area contributed by atoms with Crippen LogP contribution in [-0.2, 0) is 11.2 Å². The molecule has 2 fully saturated rings. The second-order valence-electron chi connectivity index (χ2n) is 14.0. The first-order valence-electron chi connectivity index (χ1n) is 18.0. The van der Waals surface area contributed by atoms with Gasteiger partial charge in [-0.15, -0.1) is 0 Å². The van der Waals surface area contributed by atoms with Crippen LogP contribution in [-0.4, -0.2) is 17.5 Å². The van der Waals surface area contributed by atoms with E-state index in [4.69, 9.17) is 4.42 Å². The van der Waals surface area contributed by atoms with Gasteiger partial charge in [-0.3, -0.25) is 14.4 Å². The molecular weight excluding hydrogens is 570 g/mol. The minimum absolute atomic E-state index is 0.117. The molecule has 0 bridgehead atoms. The topological polar surface area (TPSA) is 76.4 Å². The Kier molecular flexibility index (Phi) is 12.4. The Balaban J connectivity index is 1.18. The molecule has 1 atom stereocenters. The fourth-order valence-electron chi connectivity index (χ4n) is 7.78. The Labute approximate surface area is 275 Å². The first-order chi connectivity index (χ1) is 22.4. The lowest BCUT2D eigenvalue weighted by atomic mass is 9.79. The summed E-state index contributed by atoms with van der Waals surface area (Å²) in [4.78, 5) is 38.5. The summed E-state index contributed by atoms with van der Waals surface area (Å²) in [7, 11) is 0. The Hall–Kier alpha value is -3.47. The SMILES string of the molecule is Cc1ccc(C(=O)Nc2cc(C(=O)CCCCCCC3CCCCC3=O)ccc2CC2CCCC(c3ccccc3C)CCC2)o1. The van der Waals surface area contributed by atoms with Gasteiger partial charge < -0.3 is 9.73 Å². The molecule has 0 spiro atoms. The van der Waals surface area contributed by atoms with Crippen molar-refractivity contribution in [3.05, 3.63) is 88.4 Å². The van der Waals surface area contributed by atoms with Crippen molar-refractivity contribution in [1.82, 2.24) is 0 Å². The van der Waals surface area contributed by atoms with E-state index in [1.54, 1.807) is 12.1 Å². The van der Waals surface area contributed by atoms with Gasteiger partial charge in [0.1, 0.15) is 11.5 Å². The molecule has 0 aliphatic heterocycles. The van der Waals surface area contributed by atoms with Gasteiger partial charge in [0, 0.05) is 30.0 Å². The standard InChI is InChI=1S/C41H53NO4/c1-29-13-7-9-20-36(29)32-18-11-14-31(15-12-19-32)27-34-24-25-35(28-37(34)42-41(45)40-26-23-30(2)46-40)39(44)21-6-4-3-5-16-33-17-8-10-22-38(33)43/h7,9,13,20,23-26,28,31-33H,3-6,8,10-12,14-19,21-22,27H2,1-2H3,(H,42,45). The maximum absolute atomic E-state index is 13.3. The summed E-state index contributed by atoms with van der Waals surface area (Å²) < 4.78 is 5.60. The van der Waals surface area contributed by atoms with Crippen molar-refractivity contribution >= 4 is 23.2 Å². The molecule has 5 rings (SSSR count). The Bertz CT molecular complexity index is 1460. The van der Waals surface area contributed by atoms with Crippen molar-refractivity contribution in [2.75, 3.05) is 5.32 Å². The molecule has 0 radical (unpaired) electrons. The number of amides is 1. The number of rotatable bonds is 13. The molecule has 2 aromatic carbocycles. The number of nitrogens with one attached hydrogen (secondary N) is 1. The van der Waals surface area contributed by atoms with Crippen LogP contribution in [0.5, 0.6) is 0 Å². The Morgan fingerprint density at radius 3 is 2.35 bits per heavy atom. The van der Waals surface area contributed by atoms with Crippen molar-refractivity contribution in [2.24, 2.45) is 11.8 Å². The molecule has 1 unspecified atom stereocenters. The van der Waals surface area contributed by atoms with E-state index in [0.29, 0.717) is 35.4 Å². The van der Waals surface area contributed by atoms with Crippen LogP contribution in [0.3, 0.4) is 0 Å². The van der Waals surface area contributed by atoms with Crippen molar-refractivity contribution in [2.45, 2.75) is 129 Å². The summed E-state index contributed by atoms with van der Waals surface area (Å²) in [6.07, 6.45) is 17.6. The van der Waals surface area contributed by atoms with Gasteiger partial charge in [0.15, 0.2) is 11.5 Å². The zero-order chi connectivity index (χ0) is 32.3. The van der Waals surface area contributed by atoms with Crippen LogP contribution in [0.4, 0.5) is 5.69 Å². The van der Waals surface area contributed by atoms with Crippen LogP contribution in [0.15, 0.2) is 59.0 Å². The molecule has 0 saturated heterocycles. The third-order valence-electron chi connectivity index (χ3n) is 10.5. The normalized spacial score (nSPS) is 20.6. The molecule has 5 nitrogen and oxygen atoms in total. The number of aryl methyl sites for hydroxylation is 2. The highest BCUT2D eigenvalue weighted by atomic mass is 16.3. The van der Waals surface area contributed by atoms with Gasteiger partial charge in [0.05, 0.1) is 0 Å². The van der Waals surface area contributed by atoms with Crippen LogP contribution in [0.1, 0.15) is 152 Å². The van der Waals surface area contributed by atoms with Gasteiger partial charge in [0.2, 0.25) is 0 Å². The van der Waals surface area contributed by atoms with E-state index in [-0.39, 0.29) is 23.4 Å². The largest absolute Gasteiger partial charge is 0.456 e. The van der Waals surface area contributed by atoms with Gasteiger partial charge >= 0.3 is 0 Å². The second-order valence-corrected chi connectivity index (χ2v) is 14.0. The van der Waals surface area contributed by atoms with Crippen LogP contribution in [0, 0.1) is 25.7 Å². The molecule has 1 amide bonds. The number of anilines is 1. The molecule has 1 N–H and O–H groups in total. The molecular formula is C41H53NO4. The van der Waals surface area contributed by atoms with E-state index in [1.807, 2.05) is 19.1 Å². The first-order valence-corrected chi connectivity index (χ1v) is 18.0. The Morgan fingerprint density at radius 2 is 1.61 bits per heavy atom. The second kappa shape index (κ2) is 16.9. The number of ketones is 2. The summed E-state index contributed by atoms with van der Waals surface area (Å²) in [5, 5.41) is 3.09. The molecule has 1 aromatic heterocycles. The molecule has 2 aliphatic rings. The highest BCUT2D eigenvalue weighted by Gasteiger charge is 2.23. The monoisotopic (exact) mass is 623 g/mol. The zero-order valence-corrected chi connectivity index (χ0v) is 28.1. The summed E-state index contributed by atoms with van der Waals surface area (Å²) in [5.41, 5.74) is 5.38. The third kappa shape index (κ3) is 9.53. The summed E-state index contributed by atoms with van der Waals surface area (Å²) >= 11 is 0. The minimum atomic E-state index is -0.283. The zero-order valence-electron chi connectivity index (χ0n) is 28.1. The minimum Gasteiger partial charge on any atom is -0.456 e. The lowest BCUT2D eigenvalue weighted by Crippen LogP contribution is -2.18. The van der Waals surface area contributed by atoms with Crippen molar-refractivity contribution < 1.29 is 18.8 Å². The number of Topliss-reactive ketones (excluding diaryl/α,β-unsaturated/α-hetero) is 2. The third-order valence-corrected chi connectivity index (χ3v) is 10.5. The number of carbonyl (C=O) groups is 3. The Morgan fingerprint density at radius 1 is 0.826 bits per heavy atom. The predicted molar refractivity (Wildman–Crippen MR) is 186 cm³/mol. The molecule has 5 heteroatoms. The lowest BCUT2D eigenvalue weighted by molar-refractivity contribution is -0.124.